The van der Waals surface area contributed by atoms with Gasteiger partial charge in [0.2, 0.25) is 0 Å². The maximum absolute atomic E-state index is 11.8. The molecular formula is C15H27I2N3O2. The number of hydrogen-bond acceptors (Lipinski definition) is 2. The van der Waals surface area contributed by atoms with Gasteiger partial charge in [-0.05, 0) is 0 Å². The predicted octanol–water partition coefficient (Wildman–Crippen LogP) is -3.85. The van der Waals surface area contributed by atoms with Gasteiger partial charge in [0.05, 0.1) is 42.3 Å². The normalized spacial score (nSPS) is 11.1. The first-order chi connectivity index (χ1) is 8.93. The summed E-state index contributed by atoms with van der Waals surface area (Å²) < 4.78 is 6.79. The third-order valence-electron chi connectivity index (χ3n) is 3.00. The average Bonchev–Trinajstić information content (AvgIpc) is 2.25. The molecule has 0 aliphatic heterocycles. The van der Waals surface area contributed by atoms with E-state index in [2.05, 4.69) is 27.2 Å². The highest BCUT2D eigenvalue weighted by Gasteiger charge is 2.25. The van der Waals surface area contributed by atoms with Crippen molar-refractivity contribution in [2.45, 2.75) is 0 Å². The minimum atomic E-state index is -0.363. The molecular weight excluding hydrogens is 508 g/mol. The molecule has 1 amide bonds. The van der Waals surface area contributed by atoms with Crippen molar-refractivity contribution in [1.29, 1.82) is 0 Å². The molecule has 0 aliphatic carbocycles. The number of halogens is 2. The first-order valence-electron chi connectivity index (χ1n) is 6.60. The Hall–Kier alpha value is -0.130. The molecule has 0 bridgehead atoms. The summed E-state index contributed by atoms with van der Waals surface area (Å²) in [7, 11) is 15.8. The number of benzene rings is 1. The lowest BCUT2D eigenvalue weighted by molar-refractivity contribution is -0.00100. The van der Waals surface area contributed by atoms with Crippen LogP contribution >= 0.6 is 0 Å². The third kappa shape index (κ3) is 6.55. The van der Waals surface area contributed by atoms with Crippen LogP contribution in [0.2, 0.25) is 0 Å². The van der Waals surface area contributed by atoms with Crippen molar-refractivity contribution in [2.24, 2.45) is 0 Å². The van der Waals surface area contributed by atoms with Crippen LogP contribution in [0.4, 0.5) is 16.2 Å². The number of carbonyl (C=O) groups excluding carboxylic acids is 1. The number of quaternary nitrogens is 2. The molecule has 1 aromatic rings. The summed E-state index contributed by atoms with van der Waals surface area (Å²) in [6.07, 6.45) is -0.363. The van der Waals surface area contributed by atoms with Crippen LogP contribution in [0.15, 0.2) is 18.2 Å². The van der Waals surface area contributed by atoms with Crippen LogP contribution in [-0.2, 0) is 0 Å². The SMILES string of the molecule is CN(C)C(=O)Oc1cc([N+](C)(C)C)ccc1[N+](C)(C)C.[I-].[I-]. The van der Waals surface area contributed by atoms with Crippen molar-refractivity contribution in [3.8, 4) is 5.75 Å². The van der Waals surface area contributed by atoms with Crippen LogP contribution in [0.5, 0.6) is 5.75 Å². The predicted molar refractivity (Wildman–Crippen MR) is 85.3 cm³/mol. The van der Waals surface area contributed by atoms with E-state index in [9.17, 15) is 4.79 Å². The lowest BCUT2D eigenvalue weighted by Gasteiger charge is -2.28. The van der Waals surface area contributed by atoms with Crippen molar-refractivity contribution in [2.75, 3.05) is 56.4 Å². The van der Waals surface area contributed by atoms with Crippen LogP contribution in [-0.4, -0.2) is 67.4 Å². The zero-order chi connectivity index (χ0) is 15.7. The van der Waals surface area contributed by atoms with Crippen LogP contribution in [0.1, 0.15) is 0 Å². The van der Waals surface area contributed by atoms with E-state index < -0.39 is 0 Å². The summed E-state index contributed by atoms with van der Waals surface area (Å²) in [5, 5.41) is 0. The Kier molecular flexibility index (Phi) is 9.48. The van der Waals surface area contributed by atoms with Gasteiger partial charge >= 0.3 is 6.09 Å². The Bertz CT molecular complexity index is 506. The zero-order valence-corrected chi connectivity index (χ0v) is 19.0. The van der Waals surface area contributed by atoms with Crippen LogP contribution in [0, 0.1) is 0 Å². The van der Waals surface area contributed by atoms with Gasteiger partial charge in [0.25, 0.3) is 0 Å². The summed E-state index contributed by atoms with van der Waals surface area (Å²) in [6, 6.07) is 6.04. The van der Waals surface area contributed by atoms with Crippen molar-refractivity contribution in [3.63, 3.8) is 0 Å². The fourth-order valence-electron chi connectivity index (χ4n) is 1.74. The first kappa shape index (κ1) is 24.1. The second kappa shape index (κ2) is 8.65. The van der Waals surface area contributed by atoms with Gasteiger partial charge in [0.1, 0.15) is 5.69 Å². The largest absolute Gasteiger partial charge is 1.00 e. The quantitative estimate of drug-likeness (QED) is 0.294. The molecule has 5 nitrogen and oxygen atoms in total. The van der Waals surface area contributed by atoms with E-state index >= 15 is 0 Å². The Balaban J connectivity index is 0. The molecule has 0 aliphatic rings. The molecule has 0 aromatic heterocycles. The smallest absolute Gasteiger partial charge is 0.414 e. The summed E-state index contributed by atoms with van der Waals surface area (Å²) in [6.45, 7) is 0. The van der Waals surface area contributed by atoms with E-state index in [4.69, 9.17) is 4.74 Å². The number of hydrogen-bond donors (Lipinski definition) is 0. The van der Waals surface area contributed by atoms with E-state index in [-0.39, 0.29) is 54.0 Å². The summed E-state index contributed by atoms with van der Waals surface area (Å²) in [5.74, 6) is 0.613. The highest BCUT2D eigenvalue weighted by molar-refractivity contribution is 5.74. The molecule has 0 heterocycles. The lowest BCUT2D eigenvalue weighted by Crippen LogP contribution is -3.00. The molecule has 0 radical (unpaired) electrons. The van der Waals surface area contributed by atoms with Crippen LogP contribution in [0.25, 0.3) is 0 Å². The molecule has 0 atom stereocenters. The van der Waals surface area contributed by atoms with Gasteiger partial charge in [0, 0.05) is 32.3 Å². The highest BCUT2D eigenvalue weighted by atomic mass is 127. The maximum Gasteiger partial charge on any atom is 0.414 e. The standard InChI is InChI=1S/C15H27N3O2.2HI/c1-16(2)15(19)20-14-11-12(17(3,4)5)9-10-13(14)18(6,7)8;;/h9-11H,1-8H3;2*1H/q+2;;/p-2. The number of ether oxygens (including phenoxy) is 1. The van der Waals surface area contributed by atoms with Gasteiger partial charge in [-0.3, -0.25) is 8.97 Å². The molecule has 0 saturated heterocycles. The Morgan fingerprint density at radius 1 is 0.955 bits per heavy atom. The summed E-state index contributed by atoms with van der Waals surface area (Å²) >= 11 is 0. The summed E-state index contributed by atoms with van der Waals surface area (Å²) in [5.41, 5.74) is 2.06. The Morgan fingerprint density at radius 2 is 1.45 bits per heavy atom. The molecule has 128 valence electrons. The molecule has 0 N–H and O–H groups in total. The molecule has 0 fully saturated rings. The third-order valence-corrected chi connectivity index (χ3v) is 3.00. The fourth-order valence-corrected chi connectivity index (χ4v) is 1.74. The van der Waals surface area contributed by atoms with Crippen molar-refractivity contribution in [3.05, 3.63) is 18.2 Å². The van der Waals surface area contributed by atoms with Gasteiger partial charge in [0.15, 0.2) is 11.4 Å². The number of amides is 1. The van der Waals surface area contributed by atoms with Gasteiger partial charge in [-0.2, -0.15) is 0 Å². The number of carbonyl (C=O) groups is 1. The van der Waals surface area contributed by atoms with E-state index in [1.165, 1.54) is 4.90 Å². The lowest BCUT2D eigenvalue weighted by atomic mass is 10.2. The van der Waals surface area contributed by atoms with Crippen molar-refractivity contribution in [1.82, 2.24) is 13.9 Å². The van der Waals surface area contributed by atoms with Gasteiger partial charge in [-0.25, -0.2) is 4.79 Å². The van der Waals surface area contributed by atoms with E-state index in [0.717, 1.165) is 11.4 Å². The van der Waals surface area contributed by atoms with E-state index in [1.54, 1.807) is 14.1 Å². The van der Waals surface area contributed by atoms with Gasteiger partial charge in [-0.1, -0.05) is 0 Å². The topological polar surface area (TPSA) is 29.5 Å². The molecule has 22 heavy (non-hydrogen) atoms. The molecule has 7 heteroatoms. The number of nitrogens with zero attached hydrogens (tertiary/aromatic N) is 3. The van der Waals surface area contributed by atoms with E-state index in [0.29, 0.717) is 14.7 Å². The molecule has 0 saturated carbocycles. The number of rotatable bonds is 3. The van der Waals surface area contributed by atoms with Crippen LogP contribution < -0.4 is 61.7 Å². The monoisotopic (exact) mass is 535 g/mol. The van der Waals surface area contributed by atoms with Crippen molar-refractivity contribution >= 4 is 17.5 Å². The van der Waals surface area contributed by atoms with Gasteiger partial charge in [-0.15, -0.1) is 0 Å². The minimum absolute atomic E-state index is 0. The average molecular weight is 535 g/mol. The highest BCUT2D eigenvalue weighted by Crippen LogP contribution is 2.35. The molecule has 0 unspecified atom stereocenters. The van der Waals surface area contributed by atoms with Crippen molar-refractivity contribution < 1.29 is 57.5 Å². The van der Waals surface area contributed by atoms with E-state index in [1.807, 2.05) is 33.3 Å². The van der Waals surface area contributed by atoms with Gasteiger partial charge < -0.3 is 57.6 Å². The molecule has 1 rings (SSSR count). The zero-order valence-electron chi connectivity index (χ0n) is 14.6. The van der Waals surface area contributed by atoms with Crippen LogP contribution in [0.3, 0.4) is 0 Å². The maximum atomic E-state index is 11.8. The Labute approximate surface area is 168 Å². The first-order valence-corrected chi connectivity index (χ1v) is 6.60. The molecule has 1 aromatic carbocycles. The Morgan fingerprint density at radius 3 is 1.82 bits per heavy atom. The fraction of sp³-hybridized carbons (Fsp3) is 0.533. The molecule has 0 spiro atoms. The second-order valence-corrected chi connectivity index (χ2v) is 6.94. The minimum Gasteiger partial charge on any atom is -1.00 e. The second-order valence-electron chi connectivity index (χ2n) is 6.94. The summed E-state index contributed by atoms with van der Waals surface area (Å²) in [4.78, 5) is 13.3.